The standard InChI is InChI=1S/C18H15ClN2S/c1-13-10-18(8-9-20-13)22-12-17-7-4-15(11-21-17)14-2-5-16(19)6-3-14/h2-11H,12H2,1H3. The van der Waals surface area contributed by atoms with Gasteiger partial charge in [-0.25, -0.2) is 0 Å². The predicted octanol–water partition coefficient (Wildman–Crippen LogP) is 5.40. The molecule has 22 heavy (non-hydrogen) atoms. The average Bonchev–Trinajstić information content (AvgIpc) is 2.54. The zero-order chi connectivity index (χ0) is 15.4. The second-order valence-corrected chi connectivity index (χ2v) is 6.45. The van der Waals surface area contributed by atoms with E-state index in [0.717, 1.165) is 33.3 Å². The van der Waals surface area contributed by atoms with E-state index in [0.29, 0.717) is 0 Å². The van der Waals surface area contributed by atoms with Crippen LogP contribution in [0.2, 0.25) is 5.02 Å². The van der Waals surface area contributed by atoms with E-state index in [1.54, 1.807) is 11.8 Å². The van der Waals surface area contributed by atoms with E-state index in [2.05, 4.69) is 28.2 Å². The zero-order valence-electron chi connectivity index (χ0n) is 12.2. The second-order valence-electron chi connectivity index (χ2n) is 4.97. The molecule has 0 aliphatic heterocycles. The third-order valence-corrected chi connectivity index (χ3v) is 4.54. The topological polar surface area (TPSA) is 25.8 Å². The van der Waals surface area contributed by atoms with Crippen LogP contribution in [-0.2, 0) is 5.75 Å². The van der Waals surface area contributed by atoms with E-state index in [-0.39, 0.29) is 0 Å². The van der Waals surface area contributed by atoms with Gasteiger partial charge in [0, 0.05) is 39.3 Å². The van der Waals surface area contributed by atoms with E-state index in [4.69, 9.17) is 11.6 Å². The molecule has 1 aromatic carbocycles. The number of thioether (sulfide) groups is 1. The van der Waals surface area contributed by atoms with Gasteiger partial charge in [-0.1, -0.05) is 29.8 Å². The van der Waals surface area contributed by atoms with Gasteiger partial charge in [-0.3, -0.25) is 9.97 Å². The van der Waals surface area contributed by atoms with Gasteiger partial charge in [-0.15, -0.1) is 11.8 Å². The van der Waals surface area contributed by atoms with Gasteiger partial charge in [0.25, 0.3) is 0 Å². The van der Waals surface area contributed by atoms with Crippen molar-refractivity contribution < 1.29 is 0 Å². The van der Waals surface area contributed by atoms with Gasteiger partial charge in [-0.05, 0) is 42.8 Å². The number of aromatic nitrogens is 2. The Hall–Kier alpha value is -1.84. The molecule has 0 N–H and O–H groups in total. The minimum Gasteiger partial charge on any atom is -0.262 e. The van der Waals surface area contributed by atoms with Gasteiger partial charge in [0.1, 0.15) is 0 Å². The summed E-state index contributed by atoms with van der Waals surface area (Å²) < 4.78 is 0. The third kappa shape index (κ3) is 3.87. The smallest absolute Gasteiger partial charge is 0.0506 e. The number of halogens is 1. The van der Waals surface area contributed by atoms with Crippen LogP contribution in [0, 0.1) is 6.92 Å². The fourth-order valence-electron chi connectivity index (χ4n) is 2.09. The highest BCUT2D eigenvalue weighted by atomic mass is 35.5. The Morgan fingerprint density at radius 1 is 0.955 bits per heavy atom. The number of pyridine rings is 2. The van der Waals surface area contributed by atoms with Crippen LogP contribution >= 0.6 is 23.4 Å². The minimum atomic E-state index is 0.748. The van der Waals surface area contributed by atoms with Gasteiger partial charge in [0.05, 0.1) is 5.69 Å². The number of nitrogens with zero attached hydrogens (tertiary/aromatic N) is 2. The number of rotatable bonds is 4. The summed E-state index contributed by atoms with van der Waals surface area (Å²) in [6.07, 6.45) is 3.76. The summed E-state index contributed by atoms with van der Waals surface area (Å²) in [4.78, 5) is 9.97. The monoisotopic (exact) mass is 326 g/mol. The van der Waals surface area contributed by atoms with Crippen molar-refractivity contribution in [2.45, 2.75) is 17.6 Å². The first-order valence-electron chi connectivity index (χ1n) is 6.97. The van der Waals surface area contributed by atoms with Crippen LogP contribution < -0.4 is 0 Å². The zero-order valence-corrected chi connectivity index (χ0v) is 13.7. The summed E-state index contributed by atoms with van der Waals surface area (Å²) >= 11 is 7.68. The average molecular weight is 327 g/mol. The van der Waals surface area contributed by atoms with Crippen LogP contribution in [0.3, 0.4) is 0 Å². The molecule has 0 spiro atoms. The molecule has 0 saturated carbocycles. The lowest BCUT2D eigenvalue weighted by atomic mass is 10.1. The first kappa shape index (κ1) is 15.1. The van der Waals surface area contributed by atoms with Gasteiger partial charge < -0.3 is 0 Å². The van der Waals surface area contributed by atoms with Crippen LogP contribution in [-0.4, -0.2) is 9.97 Å². The predicted molar refractivity (Wildman–Crippen MR) is 93.2 cm³/mol. The van der Waals surface area contributed by atoms with Gasteiger partial charge >= 0.3 is 0 Å². The summed E-state index contributed by atoms with van der Waals surface area (Å²) in [7, 11) is 0. The largest absolute Gasteiger partial charge is 0.262 e. The molecule has 0 aliphatic rings. The molecule has 110 valence electrons. The van der Waals surface area contributed by atoms with Crippen molar-refractivity contribution in [3.05, 3.63) is 77.3 Å². The van der Waals surface area contributed by atoms with Crippen molar-refractivity contribution in [2.75, 3.05) is 0 Å². The summed E-state index contributed by atoms with van der Waals surface area (Å²) in [5.74, 6) is 0.852. The number of hydrogen-bond donors (Lipinski definition) is 0. The summed E-state index contributed by atoms with van der Waals surface area (Å²) in [5, 5.41) is 0.748. The quantitative estimate of drug-likeness (QED) is 0.600. The van der Waals surface area contributed by atoms with Crippen molar-refractivity contribution in [2.24, 2.45) is 0 Å². The van der Waals surface area contributed by atoms with Crippen LogP contribution in [0.4, 0.5) is 0 Å². The van der Waals surface area contributed by atoms with Crippen molar-refractivity contribution in [3.8, 4) is 11.1 Å². The molecule has 2 nitrogen and oxygen atoms in total. The SMILES string of the molecule is Cc1cc(SCc2ccc(-c3ccc(Cl)cc3)cn2)ccn1. The highest BCUT2D eigenvalue weighted by molar-refractivity contribution is 7.98. The Labute approximate surface area is 139 Å². The lowest BCUT2D eigenvalue weighted by molar-refractivity contribution is 1.15. The Kier molecular flexibility index (Phi) is 4.76. The Balaban J connectivity index is 1.68. The maximum atomic E-state index is 5.91. The maximum Gasteiger partial charge on any atom is 0.0506 e. The molecular weight excluding hydrogens is 312 g/mol. The molecule has 2 aromatic heterocycles. The molecule has 2 heterocycles. The molecule has 0 fully saturated rings. The molecule has 0 saturated heterocycles. The molecule has 0 amide bonds. The van der Waals surface area contributed by atoms with Gasteiger partial charge in [0.15, 0.2) is 0 Å². The van der Waals surface area contributed by atoms with Crippen LogP contribution in [0.15, 0.2) is 65.8 Å². The molecule has 3 rings (SSSR count). The molecule has 3 aromatic rings. The van der Waals surface area contributed by atoms with E-state index in [9.17, 15) is 0 Å². The van der Waals surface area contributed by atoms with E-state index in [1.165, 1.54) is 4.90 Å². The van der Waals surface area contributed by atoms with Crippen molar-refractivity contribution in [3.63, 3.8) is 0 Å². The van der Waals surface area contributed by atoms with Crippen molar-refractivity contribution in [1.29, 1.82) is 0 Å². The lowest BCUT2D eigenvalue weighted by Crippen LogP contribution is -1.88. The minimum absolute atomic E-state index is 0.748. The summed E-state index contributed by atoms with van der Waals surface area (Å²) in [6.45, 7) is 2.00. The lowest BCUT2D eigenvalue weighted by Gasteiger charge is -2.05. The molecule has 0 radical (unpaired) electrons. The molecule has 0 atom stereocenters. The summed E-state index contributed by atoms with van der Waals surface area (Å²) in [6, 6.07) is 16.1. The molecule has 4 heteroatoms. The molecule has 0 bridgehead atoms. The van der Waals surface area contributed by atoms with Gasteiger partial charge in [0.2, 0.25) is 0 Å². The van der Waals surface area contributed by atoms with Gasteiger partial charge in [-0.2, -0.15) is 0 Å². The van der Waals surface area contributed by atoms with E-state index in [1.807, 2.05) is 49.6 Å². The maximum absolute atomic E-state index is 5.91. The third-order valence-electron chi connectivity index (χ3n) is 3.26. The fraction of sp³-hybridized carbons (Fsp3) is 0.111. The Morgan fingerprint density at radius 2 is 1.73 bits per heavy atom. The van der Waals surface area contributed by atoms with Crippen LogP contribution in [0.25, 0.3) is 11.1 Å². The van der Waals surface area contributed by atoms with Crippen LogP contribution in [0.5, 0.6) is 0 Å². The highest BCUT2D eigenvalue weighted by Gasteiger charge is 2.01. The van der Waals surface area contributed by atoms with E-state index < -0.39 is 0 Å². The van der Waals surface area contributed by atoms with Crippen LogP contribution in [0.1, 0.15) is 11.4 Å². The van der Waals surface area contributed by atoms with E-state index >= 15 is 0 Å². The Bertz CT molecular complexity index is 755. The molecule has 0 aliphatic carbocycles. The van der Waals surface area contributed by atoms with Crippen molar-refractivity contribution in [1.82, 2.24) is 9.97 Å². The molecule has 0 unspecified atom stereocenters. The highest BCUT2D eigenvalue weighted by Crippen LogP contribution is 2.24. The second kappa shape index (κ2) is 6.95. The number of hydrogen-bond acceptors (Lipinski definition) is 3. The Morgan fingerprint density at radius 3 is 2.41 bits per heavy atom. The first-order chi connectivity index (χ1) is 10.7. The normalized spacial score (nSPS) is 10.6. The summed E-state index contributed by atoms with van der Waals surface area (Å²) in [5.41, 5.74) is 4.33. The number of aryl methyl sites for hydroxylation is 1. The number of benzene rings is 1. The molecular formula is C18H15ClN2S. The van der Waals surface area contributed by atoms with Crippen molar-refractivity contribution >= 4 is 23.4 Å². The first-order valence-corrected chi connectivity index (χ1v) is 8.33. The fourth-order valence-corrected chi connectivity index (χ4v) is 3.11.